The van der Waals surface area contributed by atoms with Gasteiger partial charge in [-0.3, -0.25) is 4.79 Å². The van der Waals surface area contributed by atoms with Crippen LogP contribution in [0.2, 0.25) is 0 Å². The minimum atomic E-state index is -4.78. The first-order valence-corrected chi connectivity index (χ1v) is 11.7. The third kappa shape index (κ3) is 5.60. The van der Waals surface area contributed by atoms with E-state index in [1.807, 2.05) is 31.2 Å². The summed E-state index contributed by atoms with van der Waals surface area (Å²) < 4.78 is 72.0. The molecule has 1 saturated heterocycles. The largest absolute Gasteiger partial charge is 0.491 e. The molecule has 32 heavy (non-hydrogen) atoms. The average Bonchev–Trinajstić information content (AvgIpc) is 2.77. The molecule has 1 aliphatic heterocycles. The van der Waals surface area contributed by atoms with Gasteiger partial charge in [0.2, 0.25) is 15.9 Å². The van der Waals surface area contributed by atoms with Crippen molar-refractivity contribution >= 4 is 15.9 Å². The third-order valence-corrected chi connectivity index (χ3v) is 7.34. The lowest BCUT2D eigenvalue weighted by atomic mass is 9.97. The minimum Gasteiger partial charge on any atom is -0.491 e. The fraction of sp³-hybridized carbons (Fsp3) is 0.409. The predicted molar refractivity (Wildman–Crippen MR) is 113 cm³/mol. The highest BCUT2D eigenvalue weighted by molar-refractivity contribution is 7.89. The molecule has 174 valence electrons. The Kier molecular flexibility index (Phi) is 7.45. The number of carbonyl (C=O) groups is 1. The number of carbonyl (C=O) groups excluding carboxylic acids is 1. The maximum absolute atomic E-state index is 13.2. The van der Waals surface area contributed by atoms with Crippen molar-refractivity contribution in [2.45, 2.75) is 30.8 Å². The molecule has 1 amide bonds. The Morgan fingerprint density at radius 1 is 1.09 bits per heavy atom. The van der Waals surface area contributed by atoms with Crippen molar-refractivity contribution in [3.05, 3.63) is 59.7 Å². The number of aryl methyl sites for hydroxylation is 1. The summed E-state index contributed by atoms with van der Waals surface area (Å²) in [6.45, 7) is 2.46. The molecule has 0 atom stereocenters. The lowest BCUT2D eigenvalue weighted by Gasteiger charge is -2.31. The molecule has 3 rings (SSSR count). The molecule has 10 heteroatoms. The highest BCUT2D eigenvalue weighted by atomic mass is 32.2. The lowest BCUT2D eigenvalue weighted by molar-refractivity contribution is -0.139. The van der Waals surface area contributed by atoms with E-state index in [9.17, 15) is 26.4 Å². The molecule has 0 unspecified atom stereocenters. The molecule has 0 aromatic heterocycles. The second kappa shape index (κ2) is 9.91. The summed E-state index contributed by atoms with van der Waals surface area (Å²) in [4.78, 5) is 11.6. The Bertz CT molecular complexity index is 1050. The van der Waals surface area contributed by atoms with Gasteiger partial charge >= 0.3 is 6.18 Å². The van der Waals surface area contributed by atoms with Crippen LogP contribution in [0.4, 0.5) is 13.2 Å². The van der Waals surface area contributed by atoms with Crippen LogP contribution in [-0.4, -0.2) is 44.9 Å². The smallest absolute Gasteiger partial charge is 0.417 e. The number of rotatable bonds is 7. The van der Waals surface area contributed by atoms with E-state index in [1.165, 1.54) is 6.07 Å². The number of nitrogens with one attached hydrogen (secondary N) is 1. The number of sulfonamides is 1. The average molecular weight is 471 g/mol. The molecular formula is C22H25F3N2O4S. The molecule has 0 saturated carbocycles. The Balaban J connectivity index is 1.52. The van der Waals surface area contributed by atoms with E-state index in [1.54, 1.807) is 0 Å². The Morgan fingerprint density at radius 3 is 2.38 bits per heavy atom. The van der Waals surface area contributed by atoms with Gasteiger partial charge in [-0.2, -0.15) is 17.5 Å². The number of piperidine rings is 1. The first-order valence-electron chi connectivity index (χ1n) is 10.2. The second-order valence-corrected chi connectivity index (χ2v) is 9.48. The summed E-state index contributed by atoms with van der Waals surface area (Å²) in [5.41, 5.74) is -0.201. The van der Waals surface area contributed by atoms with Gasteiger partial charge in [-0.05, 0) is 43.5 Å². The van der Waals surface area contributed by atoms with Crippen molar-refractivity contribution in [3.8, 4) is 5.75 Å². The molecular weight excluding hydrogens is 445 g/mol. The van der Waals surface area contributed by atoms with Crippen molar-refractivity contribution in [1.29, 1.82) is 0 Å². The van der Waals surface area contributed by atoms with Crippen molar-refractivity contribution in [3.63, 3.8) is 0 Å². The van der Waals surface area contributed by atoms with Crippen molar-refractivity contribution < 1.29 is 31.1 Å². The zero-order valence-electron chi connectivity index (χ0n) is 17.6. The van der Waals surface area contributed by atoms with Crippen LogP contribution in [0.3, 0.4) is 0 Å². The molecule has 1 heterocycles. The first kappa shape index (κ1) is 24.1. The van der Waals surface area contributed by atoms with E-state index < -0.39 is 32.6 Å². The summed E-state index contributed by atoms with van der Waals surface area (Å²) in [5, 5.41) is 2.78. The predicted octanol–water partition coefficient (Wildman–Crippen LogP) is 3.61. The lowest BCUT2D eigenvalue weighted by Crippen LogP contribution is -2.43. The first-order chi connectivity index (χ1) is 15.1. The van der Waals surface area contributed by atoms with E-state index in [-0.39, 0.29) is 38.4 Å². The Hall–Kier alpha value is -2.59. The van der Waals surface area contributed by atoms with Gasteiger partial charge in [0, 0.05) is 19.0 Å². The van der Waals surface area contributed by atoms with Crippen LogP contribution in [0, 0.1) is 12.8 Å². The zero-order chi connectivity index (χ0) is 23.4. The summed E-state index contributed by atoms with van der Waals surface area (Å²) in [5.74, 6) is 0.114. The maximum atomic E-state index is 13.2. The molecule has 0 aliphatic carbocycles. The van der Waals surface area contributed by atoms with Crippen LogP contribution >= 0.6 is 0 Å². The topological polar surface area (TPSA) is 75.7 Å². The molecule has 0 radical (unpaired) electrons. The number of para-hydroxylation sites is 1. The van der Waals surface area contributed by atoms with Crippen LogP contribution < -0.4 is 10.1 Å². The number of hydrogen-bond donors (Lipinski definition) is 1. The number of halogens is 3. The molecule has 0 spiro atoms. The SMILES string of the molecule is Cc1ccccc1OCCNC(=O)C1CCN(S(=O)(=O)c2ccccc2C(F)(F)F)CC1. The van der Waals surface area contributed by atoms with Gasteiger partial charge in [0.1, 0.15) is 12.4 Å². The monoisotopic (exact) mass is 470 g/mol. The molecule has 0 bridgehead atoms. The summed E-state index contributed by atoms with van der Waals surface area (Å²) in [7, 11) is -4.32. The fourth-order valence-corrected chi connectivity index (χ4v) is 5.30. The Labute approximate surface area is 185 Å². The van der Waals surface area contributed by atoms with Gasteiger partial charge < -0.3 is 10.1 Å². The van der Waals surface area contributed by atoms with Gasteiger partial charge in [0.05, 0.1) is 17.0 Å². The second-order valence-electron chi connectivity index (χ2n) is 7.58. The van der Waals surface area contributed by atoms with Gasteiger partial charge in [-0.1, -0.05) is 30.3 Å². The number of amides is 1. The molecule has 2 aromatic rings. The fourth-order valence-electron chi connectivity index (χ4n) is 3.62. The molecule has 6 nitrogen and oxygen atoms in total. The van der Waals surface area contributed by atoms with Gasteiger partial charge in [-0.15, -0.1) is 0 Å². The summed E-state index contributed by atoms with van der Waals surface area (Å²) >= 11 is 0. The normalized spacial score (nSPS) is 16.0. The third-order valence-electron chi connectivity index (χ3n) is 5.39. The summed E-state index contributed by atoms with van der Waals surface area (Å²) in [6.07, 6.45) is -4.31. The molecule has 2 aromatic carbocycles. The van der Waals surface area contributed by atoms with E-state index in [0.717, 1.165) is 33.8 Å². The molecule has 1 N–H and O–H groups in total. The van der Waals surface area contributed by atoms with E-state index >= 15 is 0 Å². The summed E-state index contributed by atoms with van der Waals surface area (Å²) in [6, 6.07) is 11.7. The number of hydrogen-bond acceptors (Lipinski definition) is 4. The van der Waals surface area contributed by atoms with Crippen molar-refractivity contribution in [2.24, 2.45) is 5.92 Å². The standard InChI is InChI=1S/C22H25F3N2O4S/c1-16-6-2-4-8-19(16)31-15-12-26-21(28)17-10-13-27(14-11-17)32(29,30)20-9-5-3-7-18(20)22(23,24)25/h2-9,17H,10-15H2,1H3,(H,26,28). The van der Waals surface area contributed by atoms with Crippen LogP contribution in [-0.2, 0) is 21.0 Å². The van der Waals surface area contributed by atoms with Crippen molar-refractivity contribution in [2.75, 3.05) is 26.2 Å². The van der Waals surface area contributed by atoms with E-state index in [4.69, 9.17) is 4.74 Å². The van der Waals surface area contributed by atoms with Gasteiger partial charge in [0.15, 0.2) is 0 Å². The molecule has 1 fully saturated rings. The van der Waals surface area contributed by atoms with Crippen molar-refractivity contribution in [1.82, 2.24) is 9.62 Å². The number of alkyl halides is 3. The Morgan fingerprint density at radius 2 is 1.72 bits per heavy atom. The van der Waals surface area contributed by atoms with Gasteiger partial charge in [-0.25, -0.2) is 8.42 Å². The highest BCUT2D eigenvalue weighted by Gasteiger charge is 2.40. The number of ether oxygens (including phenoxy) is 1. The maximum Gasteiger partial charge on any atom is 0.417 e. The highest BCUT2D eigenvalue weighted by Crippen LogP contribution is 2.36. The van der Waals surface area contributed by atoms with Crippen LogP contribution in [0.1, 0.15) is 24.0 Å². The van der Waals surface area contributed by atoms with Crippen LogP contribution in [0.15, 0.2) is 53.4 Å². The van der Waals surface area contributed by atoms with Crippen LogP contribution in [0.5, 0.6) is 5.75 Å². The zero-order valence-corrected chi connectivity index (χ0v) is 18.4. The number of nitrogens with zero attached hydrogens (tertiary/aromatic N) is 1. The molecule has 1 aliphatic rings. The number of benzene rings is 2. The minimum absolute atomic E-state index is 0.0215. The van der Waals surface area contributed by atoms with Crippen LogP contribution in [0.25, 0.3) is 0 Å². The van der Waals surface area contributed by atoms with E-state index in [0.29, 0.717) is 6.54 Å². The quantitative estimate of drug-likeness (QED) is 0.628. The van der Waals surface area contributed by atoms with Gasteiger partial charge in [0.25, 0.3) is 0 Å². The van der Waals surface area contributed by atoms with E-state index in [2.05, 4.69) is 5.32 Å².